The van der Waals surface area contributed by atoms with Crippen molar-refractivity contribution >= 4 is 34.2 Å². The van der Waals surface area contributed by atoms with E-state index in [0.717, 1.165) is 28.8 Å². The molecule has 0 aliphatic carbocycles. The molecule has 1 aromatic heterocycles. The van der Waals surface area contributed by atoms with Crippen molar-refractivity contribution in [1.82, 2.24) is 9.55 Å². The number of benzene rings is 2. The summed E-state index contributed by atoms with van der Waals surface area (Å²) in [5, 5.41) is 1.39. The van der Waals surface area contributed by atoms with E-state index in [4.69, 9.17) is 28.2 Å². The lowest BCUT2D eigenvalue weighted by molar-refractivity contribution is 0.595. The van der Waals surface area contributed by atoms with E-state index < -0.39 is 0 Å². The normalized spacial score (nSPS) is 11.5. The number of halogens is 2. The Hall–Kier alpha value is -1.51. The number of fused-ring (bicyclic) bond motifs is 1. The highest BCUT2D eigenvalue weighted by Gasteiger charge is 2.14. The van der Waals surface area contributed by atoms with Crippen LogP contribution in [0.25, 0.3) is 11.0 Å². The maximum atomic E-state index is 6.34. The van der Waals surface area contributed by atoms with Crippen molar-refractivity contribution in [3.63, 3.8) is 0 Å². The first kappa shape index (κ1) is 15.4. The van der Waals surface area contributed by atoms with E-state index in [1.54, 1.807) is 0 Å². The Balaban J connectivity index is 2.12. The van der Waals surface area contributed by atoms with E-state index in [-0.39, 0.29) is 0 Å². The van der Waals surface area contributed by atoms with E-state index in [0.29, 0.717) is 22.5 Å². The van der Waals surface area contributed by atoms with Crippen LogP contribution in [0.3, 0.4) is 0 Å². The van der Waals surface area contributed by atoms with Gasteiger partial charge in [-0.3, -0.25) is 0 Å². The monoisotopic (exact) mass is 332 g/mol. The Bertz CT molecular complexity index is 786. The average Bonchev–Trinajstić information content (AvgIpc) is 2.80. The molecule has 2 aromatic carbocycles. The molecule has 0 radical (unpaired) electrons. The summed E-state index contributed by atoms with van der Waals surface area (Å²) in [5.41, 5.74) is 3.08. The molecule has 0 spiro atoms. The summed E-state index contributed by atoms with van der Waals surface area (Å²) in [5.74, 6) is 1.62. The quantitative estimate of drug-likeness (QED) is 0.608. The topological polar surface area (TPSA) is 17.8 Å². The van der Waals surface area contributed by atoms with E-state index in [1.165, 1.54) is 0 Å². The molecule has 4 heteroatoms. The predicted molar refractivity (Wildman–Crippen MR) is 93.8 cm³/mol. The Kier molecular flexibility index (Phi) is 4.42. The summed E-state index contributed by atoms with van der Waals surface area (Å²) in [6.07, 6.45) is 0.927. The number of aromatic nitrogens is 2. The third-order valence-electron chi connectivity index (χ3n) is 3.70. The highest BCUT2D eigenvalue weighted by atomic mass is 35.5. The summed E-state index contributed by atoms with van der Waals surface area (Å²) in [7, 11) is 0. The van der Waals surface area contributed by atoms with Crippen molar-refractivity contribution in [2.45, 2.75) is 26.8 Å². The zero-order valence-corrected chi connectivity index (χ0v) is 14.2. The number of para-hydroxylation sites is 2. The van der Waals surface area contributed by atoms with Crippen LogP contribution in [0.5, 0.6) is 0 Å². The van der Waals surface area contributed by atoms with Gasteiger partial charge in [-0.25, -0.2) is 4.98 Å². The molecule has 2 nitrogen and oxygen atoms in total. The standard InChI is InChI=1S/C18H18Cl2N2/c1-12(2)10-18-21-16-8-3-4-9-17(16)22(18)11-13-14(19)6-5-7-15(13)20/h3-9,12H,10-11H2,1-2H3. The minimum atomic E-state index is 0.539. The first-order chi connectivity index (χ1) is 10.6. The van der Waals surface area contributed by atoms with Crippen LogP contribution in [0.15, 0.2) is 42.5 Å². The Morgan fingerprint density at radius 2 is 1.68 bits per heavy atom. The van der Waals surface area contributed by atoms with Crippen LogP contribution < -0.4 is 0 Å². The van der Waals surface area contributed by atoms with Gasteiger partial charge in [0.2, 0.25) is 0 Å². The Morgan fingerprint density at radius 3 is 2.36 bits per heavy atom. The molecule has 3 rings (SSSR count). The summed E-state index contributed by atoms with van der Waals surface area (Å²) < 4.78 is 2.22. The van der Waals surface area contributed by atoms with Crippen LogP contribution in [0.2, 0.25) is 10.0 Å². The maximum Gasteiger partial charge on any atom is 0.110 e. The first-order valence-corrected chi connectivity index (χ1v) is 8.19. The Labute approximate surface area is 140 Å². The molecule has 0 bridgehead atoms. The van der Waals surface area contributed by atoms with E-state index in [9.17, 15) is 0 Å². The van der Waals surface area contributed by atoms with Crippen molar-refractivity contribution in [2.24, 2.45) is 5.92 Å². The molecule has 0 fully saturated rings. The predicted octanol–water partition coefficient (Wildman–Crippen LogP) is 5.59. The van der Waals surface area contributed by atoms with Gasteiger partial charge in [-0.05, 0) is 30.2 Å². The summed E-state index contributed by atoms with van der Waals surface area (Å²) in [6, 6.07) is 13.8. The number of nitrogens with zero attached hydrogens (tertiary/aromatic N) is 2. The SMILES string of the molecule is CC(C)Cc1nc2ccccc2n1Cc1c(Cl)cccc1Cl. The lowest BCUT2D eigenvalue weighted by Crippen LogP contribution is -2.08. The van der Waals surface area contributed by atoms with Crippen LogP contribution in [-0.4, -0.2) is 9.55 Å². The van der Waals surface area contributed by atoms with Gasteiger partial charge >= 0.3 is 0 Å². The van der Waals surface area contributed by atoms with Crippen molar-refractivity contribution < 1.29 is 0 Å². The largest absolute Gasteiger partial charge is 0.323 e. The summed E-state index contributed by atoms with van der Waals surface area (Å²) >= 11 is 12.7. The van der Waals surface area contributed by atoms with Gasteiger partial charge in [0.25, 0.3) is 0 Å². The maximum absolute atomic E-state index is 6.34. The molecule has 1 heterocycles. The molecular formula is C18H18Cl2N2. The van der Waals surface area contributed by atoms with Gasteiger partial charge in [0.1, 0.15) is 5.82 Å². The van der Waals surface area contributed by atoms with Gasteiger partial charge in [0.05, 0.1) is 17.6 Å². The molecule has 114 valence electrons. The second-order valence-corrected chi connectivity index (χ2v) is 6.72. The van der Waals surface area contributed by atoms with Gasteiger partial charge in [-0.2, -0.15) is 0 Å². The molecule has 22 heavy (non-hydrogen) atoms. The Morgan fingerprint density at radius 1 is 1.00 bits per heavy atom. The molecule has 0 aliphatic rings. The lowest BCUT2D eigenvalue weighted by atomic mass is 10.1. The van der Waals surface area contributed by atoms with Gasteiger partial charge in [-0.1, -0.05) is 55.2 Å². The van der Waals surface area contributed by atoms with Crippen LogP contribution in [-0.2, 0) is 13.0 Å². The minimum absolute atomic E-state index is 0.539. The fourth-order valence-electron chi connectivity index (χ4n) is 2.66. The number of rotatable bonds is 4. The number of hydrogen-bond acceptors (Lipinski definition) is 1. The van der Waals surface area contributed by atoms with Crippen LogP contribution in [0.4, 0.5) is 0 Å². The summed E-state index contributed by atoms with van der Waals surface area (Å²) in [4.78, 5) is 4.79. The highest BCUT2D eigenvalue weighted by Crippen LogP contribution is 2.28. The van der Waals surface area contributed by atoms with E-state index in [2.05, 4.69) is 24.5 Å². The smallest absolute Gasteiger partial charge is 0.110 e. The molecule has 0 saturated carbocycles. The van der Waals surface area contributed by atoms with Crippen molar-refractivity contribution in [3.8, 4) is 0 Å². The van der Waals surface area contributed by atoms with Crippen LogP contribution >= 0.6 is 23.2 Å². The third kappa shape index (κ3) is 2.99. The van der Waals surface area contributed by atoms with E-state index >= 15 is 0 Å². The van der Waals surface area contributed by atoms with Gasteiger partial charge in [0.15, 0.2) is 0 Å². The molecule has 0 saturated heterocycles. The fraction of sp³-hybridized carbons (Fsp3) is 0.278. The zero-order chi connectivity index (χ0) is 15.7. The molecule has 0 aliphatic heterocycles. The van der Waals surface area contributed by atoms with Gasteiger partial charge < -0.3 is 4.57 Å². The molecule has 0 amide bonds. The zero-order valence-electron chi connectivity index (χ0n) is 12.7. The van der Waals surface area contributed by atoms with Gasteiger partial charge in [0, 0.05) is 22.0 Å². The van der Waals surface area contributed by atoms with Crippen LogP contribution in [0.1, 0.15) is 25.2 Å². The van der Waals surface area contributed by atoms with Crippen molar-refractivity contribution in [1.29, 1.82) is 0 Å². The van der Waals surface area contributed by atoms with Crippen LogP contribution in [0, 0.1) is 5.92 Å². The van der Waals surface area contributed by atoms with Crippen molar-refractivity contribution in [2.75, 3.05) is 0 Å². The van der Waals surface area contributed by atoms with E-state index in [1.807, 2.05) is 36.4 Å². The molecule has 0 N–H and O–H groups in total. The molecular weight excluding hydrogens is 315 g/mol. The van der Waals surface area contributed by atoms with Crippen molar-refractivity contribution in [3.05, 3.63) is 63.9 Å². The fourth-order valence-corrected chi connectivity index (χ4v) is 3.18. The first-order valence-electron chi connectivity index (χ1n) is 7.43. The number of hydrogen-bond donors (Lipinski definition) is 0. The highest BCUT2D eigenvalue weighted by molar-refractivity contribution is 6.36. The van der Waals surface area contributed by atoms with Gasteiger partial charge in [-0.15, -0.1) is 0 Å². The lowest BCUT2D eigenvalue weighted by Gasteiger charge is -2.13. The molecule has 0 unspecified atom stereocenters. The molecule has 0 atom stereocenters. The number of imidazole rings is 1. The molecule has 3 aromatic rings. The summed E-state index contributed by atoms with van der Waals surface area (Å²) in [6.45, 7) is 5.04. The third-order valence-corrected chi connectivity index (χ3v) is 4.41. The second kappa shape index (κ2) is 6.31. The second-order valence-electron chi connectivity index (χ2n) is 5.90. The average molecular weight is 333 g/mol. The minimum Gasteiger partial charge on any atom is -0.323 e.